The molecule has 128 valence electrons. The number of hydrogen-bond donors (Lipinski definition) is 2. The van der Waals surface area contributed by atoms with Crippen molar-refractivity contribution in [3.05, 3.63) is 53.1 Å². The number of aliphatic hydroxyl groups is 1. The second-order valence-corrected chi connectivity index (χ2v) is 6.55. The Morgan fingerprint density at radius 1 is 1.33 bits per heavy atom. The lowest BCUT2D eigenvalue weighted by Gasteiger charge is -2.34. The van der Waals surface area contributed by atoms with Crippen molar-refractivity contribution in [2.45, 2.75) is 31.9 Å². The molecular formula is C18H21ClFN3O. The third-order valence-electron chi connectivity index (χ3n) is 4.41. The van der Waals surface area contributed by atoms with Crippen LogP contribution in [-0.4, -0.2) is 29.3 Å². The van der Waals surface area contributed by atoms with Gasteiger partial charge >= 0.3 is 0 Å². The van der Waals surface area contributed by atoms with E-state index >= 15 is 0 Å². The van der Waals surface area contributed by atoms with E-state index in [1.54, 1.807) is 24.5 Å². The molecule has 1 aliphatic rings. The minimum Gasteiger partial charge on any atom is -0.393 e. The molecule has 1 fully saturated rings. The Kier molecular flexibility index (Phi) is 5.21. The van der Waals surface area contributed by atoms with E-state index in [2.05, 4.69) is 15.2 Å². The van der Waals surface area contributed by atoms with Crippen molar-refractivity contribution in [2.24, 2.45) is 0 Å². The van der Waals surface area contributed by atoms with Crippen LogP contribution in [0.3, 0.4) is 0 Å². The molecule has 0 aliphatic carbocycles. The monoisotopic (exact) mass is 349 g/mol. The molecule has 0 radical (unpaired) electrons. The second-order valence-electron chi connectivity index (χ2n) is 6.14. The summed E-state index contributed by atoms with van der Waals surface area (Å²) in [5.41, 5.74) is 2.64. The van der Waals surface area contributed by atoms with Gasteiger partial charge in [0.05, 0.1) is 22.9 Å². The van der Waals surface area contributed by atoms with Gasteiger partial charge in [0.15, 0.2) is 0 Å². The van der Waals surface area contributed by atoms with E-state index in [4.69, 9.17) is 11.6 Å². The van der Waals surface area contributed by atoms with Crippen molar-refractivity contribution in [1.82, 2.24) is 4.98 Å². The van der Waals surface area contributed by atoms with Gasteiger partial charge in [0.1, 0.15) is 5.82 Å². The third kappa shape index (κ3) is 3.79. The number of aliphatic hydroxyl groups excluding tert-OH is 1. The number of nitrogens with one attached hydrogen (secondary N) is 1. The zero-order valence-corrected chi connectivity index (χ0v) is 14.3. The topological polar surface area (TPSA) is 48.4 Å². The number of aromatic nitrogens is 1. The Bertz CT molecular complexity index is 704. The van der Waals surface area contributed by atoms with E-state index in [1.165, 1.54) is 6.07 Å². The first kappa shape index (κ1) is 17.0. The van der Waals surface area contributed by atoms with Crippen LogP contribution >= 0.6 is 11.6 Å². The number of halogens is 2. The maximum absolute atomic E-state index is 13.8. The van der Waals surface area contributed by atoms with Crippen molar-refractivity contribution in [1.29, 1.82) is 0 Å². The highest BCUT2D eigenvalue weighted by atomic mass is 35.5. The lowest BCUT2D eigenvalue weighted by molar-refractivity contribution is 0.145. The van der Waals surface area contributed by atoms with Gasteiger partial charge < -0.3 is 15.3 Å². The lowest BCUT2D eigenvalue weighted by atomic mass is 10.0. The molecule has 4 nitrogen and oxygen atoms in total. The van der Waals surface area contributed by atoms with E-state index in [9.17, 15) is 9.50 Å². The van der Waals surface area contributed by atoms with Crippen LogP contribution in [0.25, 0.3) is 0 Å². The molecule has 0 amide bonds. The summed E-state index contributed by atoms with van der Waals surface area (Å²) in [6.45, 7) is 3.51. The van der Waals surface area contributed by atoms with Gasteiger partial charge in [-0.1, -0.05) is 11.6 Å². The maximum atomic E-state index is 13.8. The number of hydrogen-bond acceptors (Lipinski definition) is 4. The summed E-state index contributed by atoms with van der Waals surface area (Å²) < 4.78 is 13.8. The number of piperidine rings is 1. The standard InChI is InChI=1S/C18H21ClFN3O/c1-12(22-17-4-7-21-11-16(17)19)15-10-13(20)2-3-18(15)23-8-5-14(24)6-9-23/h2-4,7,10-12,14,24H,5-6,8-9H2,1H3,(H,21,22). The summed E-state index contributed by atoms with van der Waals surface area (Å²) in [7, 11) is 0. The van der Waals surface area contributed by atoms with E-state index in [-0.39, 0.29) is 18.0 Å². The molecule has 1 aromatic heterocycles. The number of benzene rings is 1. The van der Waals surface area contributed by atoms with Gasteiger partial charge in [-0.2, -0.15) is 0 Å². The summed E-state index contributed by atoms with van der Waals surface area (Å²) in [5.74, 6) is -0.264. The Morgan fingerprint density at radius 2 is 2.08 bits per heavy atom. The molecule has 2 N–H and O–H groups in total. The normalized spacial score (nSPS) is 16.9. The van der Waals surface area contributed by atoms with E-state index in [0.29, 0.717) is 5.02 Å². The summed E-state index contributed by atoms with van der Waals surface area (Å²) in [4.78, 5) is 6.18. The van der Waals surface area contributed by atoms with Gasteiger partial charge in [-0.25, -0.2) is 4.39 Å². The molecule has 0 saturated carbocycles. The summed E-state index contributed by atoms with van der Waals surface area (Å²) in [5, 5.41) is 13.6. The van der Waals surface area contributed by atoms with Crippen molar-refractivity contribution >= 4 is 23.0 Å². The average molecular weight is 350 g/mol. The van der Waals surface area contributed by atoms with Crippen LogP contribution in [0.2, 0.25) is 5.02 Å². The molecule has 1 aliphatic heterocycles. The molecule has 0 bridgehead atoms. The van der Waals surface area contributed by atoms with Crippen LogP contribution in [0.1, 0.15) is 31.4 Å². The highest BCUT2D eigenvalue weighted by Crippen LogP contribution is 2.32. The largest absolute Gasteiger partial charge is 0.393 e. The number of pyridine rings is 1. The molecule has 1 aromatic carbocycles. The van der Waals surface area contributed by atoms with Crippen molar-refractivity contribution in [2.75, 3.05) is 23.3 Å². The third-order valence-corrected chi connectivity index (χ3v) is 4.71. The zero-order valence-electron chi connectivity index (χ0n) is 13.5. The average Bonchev–Trinajstić information content (AvgIpc) is 2.58. The van der Waals surface area contributed by atoms with Gasteiger partial charge in [0, 0.05) is 36.7 Å². The molecule has 1 atom stereocenters. The van der Waals surface area contributed by atoms with Crippen LogP contribution in [-0.2, 0) is 0 Å². The van der Waals surface area contributed by atoms with Gasteiger partial charge in [-0.05, 0) is 44.0 Å². The van der Waals surface area contributed by atoms with Crippen LogP contribution in [0.5, 0.6) is 0 Å². The Morgan fingerprint density at radius 3 is 2.79 bits per heavy atom. The molecule has 24 heavy (non-hydrogen) atoms. The van der Waals surface area contributed by atoms with Gasteiger partial charge in [0.25, 0.3) is 0 Å². The molecule has 2 aromatic rings. The van der Waals surface area contributed by atoms with E-state index in [0.717, 1.165) is 42.9 Å². The first-order chi connectivity index (χ1) is 11.5. The van der Waals surface area contributed by atoms with Crippen molar-refractivity contribution in [3.63, 3.8) is 0 Å². The maximum Gasteiger partial charge on any atom is 0.123 e. The first-order valence-electron chi connectivity index (χ1n) is 8.13. The van der Waals surface area contributed by atoms with Crippen molar-refractivity contribution in [3.8, 4) is 0 Å². The SMILES string of the molecule is CC(Nc1ccncc1Cl)c1cc(F)ccc1N1CCC(O)CC1. The van der Waals surface area contributed by atoms with E-state index < -0.39 is 0 Å². The first-order valence-corrected chi connectivity index (χ1v) is 8.51. The molecule has 3 rings (SSSR count). The van der Waals surface area contributed by atoms with Gasteiger partial charge in [-0.15, -0.1) is 0 Å². The number of rotatable bonds is 4. The second kappa shape index (κ2) is 7.36. The lowest BCUT2D eigenvalue weighted by Crippen LogP contribution is -2.36. The summed E-state index contributed by atoms with van der Waals surface area (Å²) >= 11 is 6.15. The minimum atomic E-state index is -0.264. The fourth-order valence-electron chi connectivity index (χ4n) is 3.07. The highest BCUT2D eigenvalue weighted by molar-refractivity contribution is 6.33. The molecular weight excluding hydrogens is 329 g/mol. The summed E-state index contributed by atoms with van der Waals surface area (Å²) in [6.07, 6.45) is 4.47. The molecule has 1 unspecified atom stereocenters. The Labute approximate surface area is 146 Å². The number of anilines is 2. The highest BCUT2D eigenvalue weighted by Gasteiger charge is 2.22. The zero-order chi connectivity index (χ0) is 17.1. The number of nitrogens with zero attached hydrogens (tertiary/aromatic N) is 2. The Hall–Kier alpha value is -1.85. The van der Waals surface area contributed by atoms with Crippen LogP contribution in [0, 0.1) is 5.82 Å². The quantitative estimate of drug-likeness (QED) is 0.875. The van der Waals surface area contributed by atoms with Crippen LogP contribution in [0.4, 0.5) is 15.8 Å². The van der Waals surface area contributed by atoms with Gasteiger partial charge in [0.2, 0.25) is 0 Å². The predicted octanol–water partition coefficient (Wildman–Crippen LogP) is 4.01. The fourth-order valence-corrected chi connectivity index (χ4v) is 3.24. The predicted molar refractivity (Wildman–Crippen MR) is 95.1 cm³/mol. The molecule has 6 heteroatoms. The van der Waals surface area contributed by atoms with Crippen molar-refractivity contribution < 1.29 is 9.50 Å². The molecule has 1 saturated heterocycles. The minimum absolute atomic E-state index is 0.123. The van der Waals surface area contributed by atoms with Gasteiger partial charge in [-0.3, -0.25) is 4.98 Å². The Balaban J connectivity index is 1.86. The molecule has 2 heterocycles. The van der Waals surface area contributed by atoms with Crippen LogP contribution < -0.4 is 10.2 Å². The smallest absolute Gasteiger partial charge is 0.123 e. The fraction of sp³-hybridized carbons (Fsp3) is 0.389. The summed E-state index contributed by atoms with van der Waals surface area (Å²) in [6, 6.07) is 6.54. The van der Waals surface area contributed by atoms with E-state index in [1.807, 2.05) is 13.0 Å². The van der Waals surface area contributed by atoms with Crippen LogP contribution in [0.15, 0.2) is 36.7 Å². The molecule has 0 spiro atoms.